The number of hydrogen-bond donors (Lipinski definition) is 2. The molecule has 2 aromatic rings. The van der Waals surface area contributed by atoms with Crippen molar-refractivity contribution in [3.8, 4) is 17.0 Å². The van der Waals surface area contributed by atoms with Gasteiger partial charge in [-0.25, -0.2) is 14.6 Å². The Morgan fingerprint density at radius 3 is 2.44 bits per heavy atom. The van der Waals surface area contributed by atoms with E-state index in [-0.39, 0.29) is 24.2 Å². The van der Waals surface area contributed by atoms with Crippen molar-refractivity contribution < 1.29 is 29.3 Å². The Hall–Kier alpha value is -2.85. The van der Waals surface area contributed by atoms with Crippen LogP contribution in [0.15, 0.2) is 17.5 Å². The van der Waals surface area contributed by atoms with Gasteiger partial charge in [0, 0.05) is 48.5 Å². The van der Waals surface area contributed by atoms with Crippen molar-refractivity contribution in [2.24, 2.45) is 5.92 Å². The molecule has 2 fully saturated rings. The van der Waals surface area contributed by atoms with Gasteiger partial charge in [0.2, 0.25) is 0 Å². The molecule has 1 unspecified atom stereocenters. The fourth-order valence-electron chi connectivity index (χ4n) is 5.49. The van der Waals surface area contributed by atoms with Crippen molar-refractivity contribution >= 4 is 29.2 Å². The number of anilines is 1. The highest BCUT2D eigenvalue weighted by atomic mass is 32.1. The Labute approximate surface area is 233 Å². The number of aliphatic hydroxyl groups is 1. The van der Waals surface area contributed by atoms with Gasteiger partial charge in [-0.05, 0) is 71.4 Å². The highest BCUT2D eigenvalue weighted by Gasteiger charge is 2.40. The number of benzene rings is 1. The molecule has 39 heavy (non-hydrogen) atoms. The fourth-order valence-corrected chi connectivity index (χ4v) is 6.46. The molecule has 2 atom stereocenters. The van der Waals surface area contributed by atoms with E-state index in [1.165, 1.54) is 16.2 Å². The number of amides is 2. The van der Waals surface area contributed by atoms with Gasteiger partial charge in [0.05, 0.1) is 17.5 Å². The van der Waals surface area contributed by atoms with E-state index < -0.39 is 17.3 Å². The van der Waals surface area contributed by atoms with Crippen molar-refractivity contribution in [1.82, 2.24) is 9.88 Å². The molecule has 10 heteroatoms. The summed E-state index contributed by atoms with van der Waals surface area (Å²) in [5, 5.41) is 24.1. The topological polar surface area (TPSA) is 112 Å². The second-order valence-electron chi connectivity index (χ2n) is 12.2. The first-order valence-corrected chi connectivity index (χ1v) is 14.8. The van der Waals surface area contributed by atoms with E-state index in [0.717, 1.165) is 36.8 Å². The number of likely N-dealkylation sites (tertiary alicyclic amines) is 1. The molecule has 2 amide bonds. The predicted octanol–water partition coefficient (Wildman–Crippen LogP) is 6.03. The Morgan fingerprint density at radius 1 is 1.15 bits per heavy atom. The maximum Gasteiger partial charge on any atom is 0.412 e. The normalized spacial score (nSPS) is 23.1. The van der Waals surface area contributed by atoms with Gasteiger partial charge in [0.15, 0.2) is 0 Å². The van der Waals surface area contributed by atoms with Crippen molar-refractivity contribution in [2.45, 2.75) is 96.5 Å². The third-order valence-electron chi connectivity index (χ3n) is 8.22. The van der Waals surface area contributed by atoms with E-state index in [9.17, 15) is 19.8 Å². The molecule has 1 aromatic carbocycles. The van der Waals surface area contributed by atoms with Crippen LogP contribution in [0, 0.1) is 5.92 Å². The first-order valence-electron chi connectivity index (χ1n) is 13.9. The van der Waals surface area contributed by atoms with E-state index in [1.807, 2.05) is 45.2 Å². The molecule has 0 radical (unpaired) electrons. The summed E-state index contributed by atoms with van der Waals surface area (Å²) in [6.07, 6.45) is 3.33. The highest BCUT2D eigenvalue weighted by Crippen LogP contribution is 2.47. The van der Waals surface area contributed by atoms with Crippen LogP contribution in [-0.4, -0.2) is 63.1 Å². The van der Waals surface area contributed by atoms with Crippen LogP contribution in [0.2, 0.25) is 0 Å². The zero-order chi connectivity index (χ0) is 28.1. The fraction of sp³-hybridized carbons (Fsp3) is 0.621. The maximum atomic E-state index is 12.5. The largest absolute Gasteiger partial charge is 0.489 e. The van der Waals surface area contributed by atoms with E-state index in [4.69, 9.17) is 14.5 Å². The minimum absolute atomic E-state index is 0.114. The van der Waals surface area contributed by atoms with Crippen molar-refractivity contribution in [3.63, 3.8) is 0 Å². The molecule has 2 N–H and O–H groups in total. The summed E-state index contributed by atoms with van der Waals surface area (Å²) >= 11 is 1.40. The SMILES string of the molecule is CC1[C@@H](C)Cc2c(ccc(-c3csc(C4(O)CCN(C(=O)OC(C)(C)C)CC4)n3)c2OC2CCC2)N1C(=O)O. The molecule has 1 aliphatic carbocycles. The Kier molecular flexibility index (Phi) is 7.30. The lowest BCUT2D eigenvalue weighted by atomic mass is 9.86. The molecular weight excluding hydrogens is 518 g/mol. The quantitative estimate of drug-likeness (QED) is 0.472. The number of piperidine rings is 1. The number of thiazole rings is 1. The zero-order valence-corrected chi connectivity index (χ0v) is 24.2. The lowest BCUT2D eigenvalue weighted by molar-refractivity contribution is -0.0357. The number of fused-ring (bicyclic) bond motifs is 1. The summed E-state index contributed by atoms with van der Waals surface area (Å²) in [7, 11) is 0. The lowest BCUT2D eigenvalue weighted by Gasteiger charge is -2.39. The number of carboxylic acid groups (broad SMARTS) is 1. The molecule has 0 bridgehead atoms. The summed E-state index contributed by atoms with van der Waals surface area (Å²) in [5.74, 6) is 0.847. The smallest absolute Gasteiger partial charge is 0.412 e. The summed E-state index contributed by atoms with van der Waals surface area (Å²) in [6, 6.07) is 3.63. The number of ether oxygens (including phenoxy) is 2. The van der Waals surface area contributed by atoms with E-state index >= 15 is 0 Å². The zero-order valence-electron chi connectivity index (χ0n) is 23.4. The van der Waals surface area contributed by atoms with Gasteiger partial charge in [-0.15, -0.1) is 11.3 Å². The monoisotopic (exact) mass is 557 g/mol. The second kappa shape index (κ2) is 10.3. The lowest BCUT2D eigenvalue weighted by Crippen LogP contribution is -2.46. The van der Waals surface area contributed by atoms with Crippen LogP contribution in [0.1, 0.15) is 77.3 Å². The molecule has 5 rings (SSSR count). The van der Waals surface area contributed by atoms with Crippen LogP contribution in [0.5, 0.6) is 5.75 Å². The molecule has 212 valence electrons. The van der Waals surface area contributed by atoms with Gasteiger partial charge >= 0.3 is 12.2 Å². The van der Waals surface area contributed by atoms with Crippen molar-refractivity contribution in [2.75, 3.05) is 18.0 Å². The van der Waals surface area contributed by atoms with E-state index in [2.05, 4.69) is 6.92 Å². The summed E-state index contributed by atoms with van der Waals surface area (Å²) in [5.41, 5.74) is 1.42. The third kappa shape index (κ3) is 5.45. The molecule has 0 spiro atoms. The van der Waals surface area contributed by atoms with E-state index in [0.29, 0.717) is 48.1 Å². The molecule has 1 saturated heterocycles. The average Bonchev–Trinajstić information content (AvgIpc) is 3.32. The number of aromatic nitrogens is 1. The van der Waals surface area contributed by atoms with Crippen molar-refractivity contribution in [3.05, 3.63) is 28.1 Å². The summed E-state index contributed by atoms with van der Waals surface area (Å²) < 4.78 is 12.0. The Bertz CT molecular complexity index is 1240. The molecular formula is C29H39N3O6S. The first kappa shape index (κ1) is 27.7. The summed E-state index contributed by atoms with van der Waals surface area (Å²) in [6.45, 7) is 10.3. The van der Waals surface area contributed by atoms with Crippen molar-refractivity contribution in [1.29, 1.82) is 0 Å². The molecule has 9 nitrogen and oxygen atoms in total. The van der Waals surface area contributed by atoms with Crippen LogP contribution in [-0.2, 0) is 16.8 Å². The van der Waals surface area contributed by atoms with Gasteiger partial charge in [0.1, 0.15) is 22.0 Å². The Morgan fingerprint density at radius 2 is 1.85 bits per heavy atom. The number of carbonyl (C=O) groups excluding carboxylic acids is 1. The molecule has 3 aliphatic rings. The highest BCUT2D eigenvalue weighted by molar-refractivity contribution is 7.10. The number of hydrogen-bond acceptors (Lipinski definition) is 7. The van der Waals surface area contributed by atoms with Crippen LogP contribution in [0.4, 0.5) is 15.3 Å². The van der Waals surface area contributed by atoms with E-state index in [1.54, 1.807) is 4.90 Å². The molecule has 1 aromatic heterocycles. The molecule has 2 aliphatic heterocycles. The van der Waals surface area contributed by atoms with Gasteiger partial charge in [0.25, 0.3) is 0 Å². The molecule has 1 saturated carbocycles. The summed E-state index contributed by atoms with van der Waals surface area (Å²) in [4.78, 5) is 32.6. The van der Waals surface area contributed by atoms with Crippen LogP contribution in [0.25, 0.3) is 11.3 Å². The van der Waals surface area contributed by atoms with Crippen LogP contribution >= 0.6 is 11.3 Å². The number of nitrogens with zero attached hydrogens (tertiary/aromatic N) is 3. The molecule has 3 heterocycles. The minimum atomic E-state index is -1.13. The average molecular weight is 558 g/mol. The predicted molar refractivity (Wildman–Crippen MR) is 150 cm³/mol. The minimum Gasteiger partial charge on any atom is -0.489 e. The first-order chi connectivity index (χ1) is 18.4. The van der Waals surface area contributed by atoms with Gasteiger partial charge in [-0.3, -0.25) is 4.90 Å². The van der Waals surface area contributed by atoms with Gasteiger partial charge < -0.3 is 24.6 Å². The third-order valence-corrected chi connectivity index (χ3v) is 9.25. The van der Waals surface area contributed by atoms with Crippen LogP contribution < -0.4 is 9.64 Å². The van der Waals surface area contributed by atoms with Crippen LogP contribution in [0.3, 0.4) is 0 Å². The van der Waals surface area contributed by atoms with Gasteiger partial charge in [-0.1, -0.05) is 6.92 Å². The number of carbonyl (C=O) groups is 2. The number of rotatable bonds is 4. The van der Waals surface area contributed by atoms with Gasteiger partial charge in [-0.2, -0.15) is 0 Å². The Balaban J connectivity index is 1.43. The standard InChI is InChI=1S/C29H39N3O6S/c1-17-15-21-23(32(18(17)2)26(33)34)10-9-20(24(21)37-19-7-6-8-19)22-16-39-25(30-22)29(36)11-13-31(14-12-29)27(35)38-28(3,4)5/h9-10,16-19,36H,6-8,11-15H2,1-5H3,(H,33,34)/t17-,18?/m0/s1. The second-order valence-corrected chi connectivity index (χ2v) is 13.1. The maximum absolute atomic E-state index is 12.5.